The third-order valence-electron chi connectivity index (χ3n) is 3.65. The van der Waals surface area contributed by atoms with Gasteiger partial charge in [-0.15, -0.1) is 0 Å². The van der Waals surface area contributed by atoms with Crippen molar-refractivity contribution >= 4 is 13.9 Å². The fourth-order valence-electron chi connectivity index (χ4n) is 2.75. The summed E-state index contributed by atoms with van der Waals surface area (Å²) in [6, 6.07) is 18.8. The first-order chi connectivity index (χ1) is 9.39. The molecule has 20 heavy (non-hydrogen) atoms. The SMILES string of the molecule is CC(=O)c1ccc(C(c2ccccc2)[Si](C)(C)C)cc1. The van der Waals surface area contributed by atoms with Gasteiger partial charge in [-0.1, -0.05) is 74.2 Å². The lowest BCUT2D eigenvalue weighted by atomic mass is 10.0. The average Bonchev–Trinajstić information content (AvgIpc) is 2.39. The van der Waals surface area contributed by atoms with Gasteiger partial charge in [-0.3, -0.25) is 4.79 Å². The van der Waals surface area contributed by atoms with Crippen molar-refractivity contribution < 1.29 is 4.79 Å². The molecule has 0 spiro atoms. The Bertz CT molecular complexity index is 579. The van der Waals surface area contributed by atoms with Crippen molar-refractivity contribution in [1.29, 1.82) is 0 Å². The molecule has 1 atom stereocenters. The first kappa shape index (κ1) is 14.7. The Hall–Kier alpha value is -1.67. The highest BCUT2D eigenvalue weighted by molar-refractivity contribution is 6.78. The number of rotatable bonds is 4. The lowest BCUT2D eigenvalue weighted by Crippen LogP contribution is -2.31. The highest BCUT2D eigenvalue weighted by Gasteiger charge is 2.29. The summed E-state index contributed by atoms with van der Waals surface area (Å²) in [5.74, 6) is 0.126. The minimum absolute atomic E-state index is 0.126. The second kappa shape index (κ2) is 5.76. The van der Waals surface area contributed by atoms with Crippen LogP contribution in [0.25, 0.3) is 0 Å². The molecule has 0 aliphatic rings. The third-order valence-corrected chi connectivity index (χ3v) is 6.05. The van der Waals surface area contributed by atoms with Gasteiger partial charge in [0.15, 0.2) is 5.78 Å². The molecule has 0 saturated carbocycles. The largest absolute Gasteiger partial charge is 0.295 e. The zero-order valence-electron chi connectivity index (χ0n) is 12.7. The van der Waals surface area contributed by atoms with Gasteiger partial charge in [-0.25, -0.2) is 0 Å². The first-order valence-corrected chi connectivity index (χ1v) is 10.6. The molecule has 0 fully saturated rings. The van der Waals surface area contributed by atoms with E-state index in [1.807, 2.05) is 12.1 Å². The number of carbonyl (C=O) groups is 1. The van der Waals surface area contributed by atoms with Crippen LogP contribution in [0.2, 0.25) is 19.6 Å². The van der Waals surface area contributed by atoms with Gasteiger partial charge in [0.25, 0.3) is 0 Å². The summed E-state index contributed by atoms with van der Waals surface area (Å²) in [7, 11) is -1.40. The second-order valence-electron chi connectivity index (χ2n) is 6.39. The standard InChI is InChI=1S/C18H22OSi/c1-14(19)15-10-12-17(13-11-15)18(20(2,3)4)16-8-6-5-7-9-16/h5-13,18H,1-4H3. The van der Waals surface area contributed by atoms with E-state index in [2.05, 4.69) is 62.1 Å². The van der Waals surface area contributed by atoms with Gasteiger partial charge < -0.3 is 0 Å². The van der Waals surface area contributed by atoms with E-state index in [9.17, 15) is 4.79 Å². The minimum atomic E-state index is -1.40. The average molecular weight is 282 g/mol. The molecular formula is C18H22OSi. The lowest BCUT2D eigenvalue weighted by molar-refractivity contribution is 0.101. The molecule has 0 N–H and O–H groups in total. The van der Waals surface area contributed by atoms with Crippen LogP contribution in [-0.4, -0.2) is 13.9 Å². The van der Waals surface area contributed by atoms with Crippen LogP contribution in [0.15, 0.2) is 54.6 Å². The molecule has 0 bridgehead atoms. The summed E-state index contributed by atoms with van der Waals surface area (Å²) in [5.41, 5.74) is 3.95. The van der Waals surface area contributed by atoms with Gasteiger partial charge in [0, 0.05) is 11.1 Å². The Morgan fingerprint density at radius 2 is 1.35 bits per heavy atom. The van der Waals surface area contributed by atoms with Crippen molar-refractivity contribution in [2.75, 3.05) is 0 Å². The number of hydrogen-bond acceptors (Lipinski definition) is 1. The predicted octanol–water partition coefficient (Wildman–Crippen LogP) is 4.90. The molecule has 0 aliphatic carbocycles. The van der Waals surface area contributed by atoms with E-state index in [0.717, 1.165) is 5.56 Å². The zero-order valence-corrected chi connectivity index (χ0v) is 13.7. The third kappa shape index (κ3) is 3.25. The van der Waals surface area contributed by atoms with E-state index in [1.54, 1.807) is 6.92 Å². The smallest absolute Gasteiger partial charge is 0.159 e. The van der Waals surface area contributed by atoms with Gasteiger partial charge >= 0.3 is 0 Å². The van der Waals surface area contributed by atoms with Crippen LogP contribution in [-0.2, 0) is 0 Å². The number of Topliss-reactive ketones (excluding diaryl/α,β-unsaturated/α-hetero) is 1. The molecule has 2 aromatic rings. The first-order valence-electron chi connectivity index (χ1n) is 7.05. The zero-order chi connectivity index (χ0) is 14.8. The van der Waals surface area contributed by atoms with E-state index in [-0.39, 0.29) is 5.78 Å². The van der Waals surface area contributed by atoms with Crippen molar-refractivity contribution in [2.45, 2.75) is 32.1 Å². The van der Waals surface area contributed by atoms with Crippen LogP contribution in [0.5, 0.6) is 0 Å². The lowest BCUT2D eigenvalue weighted by Gasteiger charge is -2.30. The van der Waals surface area contributed by atoms with Crippen LogP contribution in [0.4, 0.5) is 0 Å². The predicted molar refractivity (Wildman–Crippen MR) is 88.1 cm³/mol. The number of benzene rings is 2. The van der Waals surface area contributed by atoms with Gasteiger partial charge in [-0.05, 0) is 18.1 Å². The number of carbonyl (C=O) groups excluding carboxylic acids is 1. The summed E-state index contributed by atoms with van der Waals surface area (Å²) >= 11 is 0. The van der Waals surface area contributed by atoms with E-state index in [0.29, 0.717) is 5.54 Å². The van der Waals surface area contributed by atoms with Crippen LogP contribution in [0.1, 0.15) is 33.9 Å². The maximum Gasteiger partial charge on any atom is 0.159 e. The molecule has 1 nitrogen and oxygen atoms in total. The monoisotopic (exact) mass is 282 g/mol. The summed E-state index contributed by atoms with van der Waals surface area (Å²) < 4.78 is 0. The van der Waals surface area contributed by atoms with Crippen molar-refractivity contribution in [3.63, 3.8) is 0 Å². The van der Waals surface area contributed by atoms with Crippen LogP contribution in [0, 0.1) is 0 Å². The molecule has 0 aromatic heterocycles. The number of hydrogen-bond donors (Lipinski definition) is 0. The Kier molecular flexibility index (Phi) is 4.24. The highest BCUT2D eigenvalue weighted by Crippen LogP contribution is 2.33. The molecule has 104 valence electrons. The molecule has 0 heterocycles. The molecule has 1 unspecified atom stereocenters. The topological polar surface area (TPSA) is 17.1 Å². The summed E-state index contributed by atoms with van der Waals surface area (Å²) in [4.78, 5) is 11.4. The molecule has 2 aromatic carbocycles. The fourth-order valence-corrected chi connectivity index (χ4v) is 5.13. The second-order valence-corrected chi connectivity index (χ2v) is 11.7. The van der Waals surface area contributed by atoms with Crippen LogP contribution < -0.4 is 0 Å². The van der Waals surface area contributed by atoms with Crippen LogP contribution >= 0.6 is 0 Å². The Morgan fingerprint density at radius 3 is 1.80 bits per heavy atom. The van der Waals surface area contributed by atoms with Crippen molar-refractivity contribution in [3.05, 3.63) is 71.3 Å². The molecule has 2 heteroatoms. The van der Waals surface area contributed by atoms with Crippen LogP contribution in [0.3, 0.4) is 0 Å². The number of ketones is 1. The van der Waals surface area contributed by atoms with Gasteiger partial charge in [0.2, 0.25) is 0 Å². The molecule has 2 rings (SSSR count). The quantitative estimate of drug-likeness (QED) is 0.576. The molecular weight excluding hydrogens is 260 g/mol. The van der Waals surface area contributed by atoms with E-state index < -0.39 is 8.07 Å². The van der Waals surface area contributed by atoms with Crippen molar-refractivity contribution in [1.82, 2.24) is 0 Å². The van der Waals surface area contributed by atoms with Gasteiger partial charge in [0.1, 0.15) is 0 Å². The normalized spacial score (nSPS) is 13.0. The van der Waals surface area contributed by atoms with Gasteiger partial charge in [0.05, 0.1) is 8.07 Å². The summed E-state index contributed by atoms with van der Waals surface area (Å²) in [5, 5.41) is 0. The van der Waals surface area contributed by atoms with E-state index in [1.165, 1.54) is 11.1 Å². The van der Waals surface area contributed by atoms with Crippen molar-refractivity contribution in [3.8, 4) is 0 Å². The molecule has 0 saturated heterocycles. The maximum atomic E-state index is 11.4. The summed E-state index contributed by atoms with van der Waals surface area (Å²) in [6.45, 7) is 8.79. The Morgan fingerprint density at radius 1 is 0.850 bits per heavy atom. The molecule has 0 amide bonds. The van der Waals surface area contributed by atoms with Crippen molar-refractivity contribution in [2.24, 2.45) is 0 Å². The maximum absolute atomic E-state index is 11.4. The summed E-state index contributed by atoms with van der Waals surface area (Å²) in [6.07, 6.45) is 0. The highest BCUT2D eigenvalue weighted by atomic mass is 28.3. The Balaban J connectivity index is 2.45. The molecule has 0 radical (unpaired) electrons. The van der Waals surface area contributed by atoms with E-state index >= 15 is 0 Å². The Labute approximate surface area is 122 Å². The van der Waals surface area contributed by atoms with E-state index in [4.69, 9.17) is 0 Å². The van der Waals surface area contributed by atoms with Gasteiger partial charge in [-0.2, -0.15) is 0 Å². The molecule has 0 aliphatic heterocycles. The fraction of sp³-hybridized carbons (Fsp3) is 0.278. The minimum Gasteiger partial charge on any atom is -0.295 e.